The van der Waals surface area contributed by atoms with Crippen molar-refractivity contribution in [2.45, 2.75) is 26.8 Å². The Hall–Kier alpha value is -1.26. The maximum absolute atomic E-state index is 12.0. The first kappa shape index (κ1) is 15.8. The molecule has 19 heavy (non-hydrogen) atoms. The van der Waals surface area contributed by atoms with Crippen molar-refractivity contribution in [3.8, 4) is 0 Å². The fraction of sp³-hybridized carbons (Fsp3) is 0.500. The highest BCUT2D eigenvalue weighted by Crippen LogP contribution is 2.28. The lowest BCUT2D eigenvalue weighted by Gasteiger charge is -2.26. The molecule has 5 heteroatoms. The third kappa shape index (κ3) is 4.11. The second-order valence-corrected chi connectivity index (χ2v) is 6.30. The van der Waals surface area contributed by atoms with Gasteiger partial charge in [0.05, 0.1) is 16.8 Å². The smallest absolute Gasteiger partial charge is 0.241 e. The minimum atomic E-state index is -0.570. The number of hydrogen-bond acceptors (Lipinski definition) is 3. The van der Waals surface area contributed by atoms with E-state index in [9.17, 15) is 4.79 Å². The van der Waals surface area contributed by atoms with Crippen molar-refractivity contribution in [1.29, 1.82) is 0 Å². The van der Waals surface area contributed by atoms with Crippen molar-refractivity contribution >= 4 is 28.9 Å². The monoisotopic (exact) mass is 283 g/mol. The standard InChI is InChI=1S/C14H22ClN3O/c1-14(2,3)12(16)13(19)17-9-6-7-11(18(4)5)10(15)8-9/h6-8,12H,16H2,1-5H3,(H,17,19). The van der Waals surface area contributed by atoms with Crippen LogP contribution in [0.3, 0.4) is 0 Å². The molecule has 0 fully saturated rings. The third-order valence-corrected chi connectivity index (χ3v) is 3.22. The number of anilines is 2. The number of carbonyl (C=O) groups excluding carboxylic acids is 1. The molecular formula is C14H22ClN3O. The second-order valence-electron chi connectivity index (χ2n) is 5.89. The lowest BCUT2D eigenvalue weighted by Crippen LogP contribution is -2.45. The number of halogens is 1. The van der Waals surface area contributed by atoms with E-state index >= 15 is 0 Å². The van der Waals surface area contributed by atoms with Gasteiger partial charge in [0, 0.05) is 19.8 Å². The van der Waals surface area contributed by atoms with Crippen LogP contribution in [0.4, 0.5) is 11.4 Å². The largest absolute Gasteiger partial charge is 0.376 e. The molecule has 0 aromatic heterocycles. The van der Waals surface area contributed by atoms with Crippen LogP contribution in [0.1, 0.15) is 20.8 Å². The zero-order valence-electron chi connectivity index (χ0n) is 12.1. The lowest BCUT2D eigenvalue weighted by atomic mass is 9.87. The van der Waals surface area contributed by atoms with Crippen LogP contribution in [-0.4, -0.2) is 26.0 Å². The van der Waals surface area contributed by atoms with E-state index in [0.29, 0.717) is 10.7 Å². The number of rotatable bonds is 3. The average molecular weight is 284 g/mol. The lowest BCUT2D eigenvalue weighted by molar-refractivity contribution is -0.119. The van der Waals surface area contributed by atoms with Crippen molar-refractivity contribution in [2.75, 3.05) is 24.3 Å². The summed E-state index contributed by atoms with van der Waals surface area (Å²) in [5.74, 6) is -0.207. The van der Waals surface area contributed by atoms with Crippen molar-refractivity contribution < 1.29 is 4.79 Å². The topological polar surface area (TPSA) is 58.4 Å². The Labute approximate surface area is 119 Å². The molecule has 1 aromatic rings. The Balaban J connectivity index is 2.84. The first-order valence-corrected chi connectivity index (χ1v) is 6.54. The molecule has 0 spiro atoms. The van der Waals surface area contributed by atoms with E-state index in [0.717, 1.165) is 5.69 Å². The van der Waals surface area contributed by atoms with E-state index < -0.39 is 6.04 Å². The maximum atomic E-state index is 12.0. The van der Waals surface area contributed by atoms with Gasteiger partial charge in [0.15, 0.2) is 0 Å². The Morgan fingerprint density at radius 3 is 2.37 bits per heavy atom. The third-order valence-electron chi connectivity index (χ3n) is 2.91. The van der Waals surface area contributed by atoms with E-state index in [1.807, 2.05) is 51.9 Å². The number of hydrogen-bond donors (Lipinski definition) is 2. The number of nitrogens with one attached hydrogen (secondary N) is 1. The summed E-state index contributed by atoms with van der Waals surface area (Å²) >= 11 is 6.15. The summed E-state index contributed by atoms with van der Waals surface area (Å²) in [4.78, 5) is 13.9. The molecule has 1 unspecified atom stereocenters. The molecule has 1 aromatic carbocycles. The Kier molecular flexibility index (Phi) is 4.82. The molecule has 0 saturated heterocycles. The summed E-state index contributed by atoms with van der Waals surface area (Å²) in [5.41, 5.74) is 7.18. The van der Waals surface area contributed by atoms with Crippen molar-refractivity contribution in [1.82, 2.24) is 0 Å². The summed E-state index contributed by atoms with van der Waals surface area (Å²) in [7, 11) is 3.82. The number of carbonyl (C=O) groups is 1. The van der Waals surface area contributed by atoms with E-state index in [1.54, 1.807) is 6.07 Å². The van der Waals surface area contributed by atoms with Crippen LogP contribution in [-0.2, 0) is 4.79 Å². The fourth-order valence-corrected chi connectivity index (χ4v) is 1.91. The summed E-state index contributed by atoms with van der Waals surface area (Å²) in [6, 6.07) is 4.83. The van der Waals surface area contributed by atoms with Gasteiger partial charge >= 0.3 is 0 Å². The molecule has 0 radical (unpaired) electrons. The van der Waals surface area contributed by atoms with E-state index in [4.69, 9.17) is 17.3 Å². The maximum Gasteiger partial charge on any atom is 0.241 e. The quantitative estimate of drug-likeness (QED) is 0.897. The van der Waals surface area contributed by atoms with Gasteiger partial charge < -0.3 is 16.0 Å². The van der Waals surface area contributed by atoms with Gasteiger partial charge in [-0.2, -0.15) is 0 Å². The molecule has 106 valence electrons. The molecule has 0 bridgehead atoms. The molecule has 1 atom stereocenters. The van der Waals surface area contributed by atoms with Crippen molar-refractivity contribution in [2.24, 2.45) is 11.1 Å². The minimum Gasteiger partial charge on any atom is -0.376 e. The second kappa shape index (κ2) is 5.80. The zero-order valence-corrected chi connectivity index (χ0v) is 12.9. The Bertz CT molecular complexity index is 466. The van der Waals surface area contributed by atoms with Crippen LogP contribution in [0, 0.1) is 5.41 Å². The summed E-state index contributed by atoms with van der Waals surface area (Å²) in [5, 5.41) is 3.38. The van der Waals surface area contributed by atoms with Gasteiger partial charge in [-0.1, -0.05) is 32.4 Å². The van der Waals surface area contributed by atoms with Gasteiger partial charge in [0.1, 0.15) is 0 Å². The van der Waals surface area contributed by atoms with Crippen LogP contribution < -0.4 is 16.0 Å². The highest BCUT2D eigenvalue weighted by atomic mass is 35.5. The fourth-order valence-electron chi connectivity index (χ4n) is 1.56. The van der Waals surface area contributed by atoms with E-state index in [1.165, 1.54) is 0 Å². The van der Waals surface area contributed by atoms with Crippen LogP contribution in [0.2, 0.25) is 5.02 Å². The SMILES string of the molecule is CN(C)c1ccc(NC(=O)C(N)C(C)(C)C)cc1Cl. The summed E-state index contributed by atoms with van der Waals surface area (Å²) < 4.78 is 0. The highest BCUT2D eigenvalue weighted by molar-refractivity contribution is 6.33. The molecule has 0 heterocycles. The highest BCUT2D eigenvalue weighted by Gasteiger charge is 2.27. The number of amides is 1. The molecule has 1 rings (SSSR count). The van der Waals surface area contributed by atoms with Gasteiger partial charge in [-0.05, 0) is 23.6 Å². The van der Waals surface area contributed by atoms with E-state index in [-0.39, 0.29) is 11.3 Å². The van der Waals surface area contributed by atoms with Crippen molar-refractivity contribution in [3.05, 3.63) is 23.2 Å². The molecule has 0 aliphatic carbocycles. The predicted molar refractivity (Wildman–Crippen MR) is 81.8 cm³/mol. The first-order valence-electron chi connectivity index (χ1n) is 6.16. The van der Waals surface area contributed by atoms with Gasteiger partial charge in [0.25, 0.3) is 0 Å². The number of nitrogens with zero attached hydrogens (tertiary/aromatic N) is 1. The summed E-state index contributed by atoms with van der Waals surface area (Å²) in [6.45, 7) is 5.79. The molecular weight excluding hydrogens is 262 g/mol. The minimum absolute atomic E-state index is 0.207. The van der Waals surface area contributed by atoms with Gasteiger partial charge in [-0.25, -0.2) is 0 Å². The Morgan fingerprint density at radius 1 is 1.37 bits per heavy atom. The number of benzene rings is 1. The van der Waals surface area contributed by atoms with Crippen LogP contribution in [0.5, 0.6) is 0 Å². The van der Waals surface area contributed by atoms with Gasteiger partial charge in [-0.15, -0.1) is 0 Å². The van der Waals surface area contributed by atoms with Crippen LogP contribution in [0.25, 0.3) is 0 Å². The molecule has 1 amide bonds. The van der Waals surface area contributed by atoms with Crippen LogP contribution >= 0.6 is 11.6 Å². The van der Waals surface area contributed by atoms with Crippen LogP contribution in [0.15, 0.2) is 18.2 Å². The van der Waals surface area contributed by atoms with Crippen molar-refractivity contribution in [3.63, 3.8) is 0 Å². The molecule has 4 nitrogen and oxygen atoms in total. The zero-order chi connectivity index (χ0) is 14.8. The van der Waals surface area contributed by atoms with E-state index in [2.05, 4.69) is 5.32 Å². The molecule has 0 saturated carbocycles. The first-order chi connectivity index (χ1) is 8.62. The average Bonchev–Trinajstić information content (AvgIpc) is 2.26. The summed E-state index contributed by atoms with van der Waals surface area (Å²) in [6.07, 6.45) is 0. The molecule has 0 aliphatic rings. The number of nitrogens with two attached hydrogens (primary N) is 1. The van der Waals surface area contributed by atoms with Gasteiger partial charge in [0.2, 0.25) is 5.91 Å². The Morgan fingerprint density at radius 2 is 1.95 bits per heavy atom. The normalized spacial score (nSPS) is 13.0. The van der Waals surface area contributed by atoms with Gasteiger partial charge in [-0.3, -0.25) is 4.79 Å². The predicted octanol–water partition coefficient (Wildman–Crippen LogP) is 2.72. The molecule has 0 aliphatic heterocycles. The molecule has 3 N–H and O–H groups in total.